The lowest BCUT2D eigenvalue weighted by atomic mass is 9.90. The SMILES string of the molecule is CN1CCC[C@H]([C@@H]2CCCN2)C1. The Hall–Kier alpha value is -0.0800. The van der Waals surface area contributed by atoms with Crippen LogP contribution in [-0.4, -0.2) is 37.6 Å². The molecule has 2 nitrogen and oxygen atoms in total. The van der Waals surface area contributed by atoms with Crippen LogP contribution in [0, 0.1) is 5.92 Å². The molecular formula is C10H20N2. The minimum atomic E-state index is 0.841. The summed E-state index contributed by atoms with van der Waals surface area (Å²) in [6.07, 6.45) is 5.66. The summed E-state index contributed by atoms with van der Waals surface area (Å²) in [7, 11) is 2.25. The molecule has 0 aromatic carbocycles. The Morgan fingerprint density at radius 3 is 2.83 bits per heavy atom. The Balaban J connectivity index is 1.85. The Bertz CT molecular complexity index is 141. The van der Waals surface area contributed by atoms with Crippen molar-refractivity contribution in [1.82, 2.24) is 10.2 Å². The molecule has 0 aromatic heterocycles. The van der Waals surface area contributed by atoms with Crippen molar-refractivity contribution in [2.45, 2.75) is 31.7 Å². The second-order valence-corrected chi connectivity index (χ2v) is 4.37. The van der Waals surface area contributed by atoms with Gasteiger partial charge in [0.1, 0.15) is 0 Å². The first-order valence-electron chi connectivity index (χ1n) is 5.28. The van der Waals surface area contributed by atoms with Crippen LogP contribution in [0.3, 0.4) is 0 Å². The summed E-state index contributed by atoms with van der Waals surface area (Å²) in [6, 6.07) is 0.841. The Labute approximate surface area is 75.3 Å². The number of nitrogens with zero attached hydrogens (tertiary/aromatic N) is 1. The zero-order valence-electron chi connectivity index (χ0n) is 8.05. The average molecular weight is 168 g/mol. The first-order valence-corrected chi connectivity index (χ1v) is 5.28. The fourth-order valence-electron chi connectivity index (χ4n) is 2.65. The normalized spacial score (nSPS) is 38.8. The Morgan fingerprint density at radius 2 is 2.17 bits per heavy atom. The van der Waals surface area contributed by atoms with E-state index in [1.807, 2.05) is 0 Å². The molecule has 2 aliphatic heterocycles. The van der Waals surface area contributed by atoms with E-state index in [1.54, 1.807) is 0 Å². The molecule has 12 heavy (non-hydrogen) atoms. The monoisotopic (exact) mass is 168 g/mol. The molecule has 2 heteroatoms. The molecule has 0 saturated carbocycles. The summed E-state index contributed by atoms with van der Waals surface area (Å²) in [4.78, 5) is 2.48. The summed E-state index contributed by atoms with van der Waals surface area (Å²) >= 11 is 0. The summed E-state index contributed by atoms with van der Waals surface area (Å²) in [5, 5.41) is 3.62. The topological polar surface area (TPSA) is 15.3 Å². The lowest BCUT2D eigenvalue weighted by molar-refractivity contribution is 0.180. The lowest BCUT2D eigenvalue weighted by Gasteiger charge is -2.33. The minimum absolute atomic E-state index is 0.841. The van der Waals surface area contributed by atoms with Gasteiger partial charge in [-0.15, -0.1) is 0 Å². The van der Waals surface area contributed by atoms with Crippen LogP contribution < -0.4 is 5.32 Å². The minimum Gasteiger partial charge on any atom is -0.314 e. The number of rotatable bonds is 1. The standard InChI is InChI=1S/C10H20N2/c1-12-7-3-4-9(8-12)10-5-2-6-11-10/h9-11H,2-8H2,1H3/t9-,10-/m0/s1. The second kappa shape index (κ2) is 3.75. The fourth-order valence-corrected chi connectivity index (χ4v) is 2.65. The zero-order chi connectivity index (χ0) is 8.39. The van der Waals surface area contributed by atoms with E-state index in [2.05, 4.69) is 17.3 Å². The van der Waals surface area contributed by atoms with Crippen LogP contribution >= 0.6 is 0 Å². The highest BCUT2D eigenvalue weighted by Crippen LogP contribution is 2.23. The van der Waals surface area contributed by atoms with Crippen molar-refractivity contribution in [3.05, 3.63) is 0 Å². The van der Waals surface area contributed by atoms with E-state index in [0.717, 1.165) is 12.0 Å². The van der Waals surface area contributed by atoms with Gasteiger partial charge in [0.25, 0.3) is 0 Å². The highest BCUT2D eigenvalue weighted by Gasteiger charge is 2.27. The van der Waals surface area contributed by atoms with Crippen molar-refractivity contribution in [3.8, 4) is 0 Å². The van der Waals surface area contributed by atoms with Crippen molar-refractivity contribution in [1.29, 1.82) is 0 Å². The van der Waals surface area contributed by atoms with E-state index in [4.69, 9.17) is 0 Å². The molecule has 2 atom stereocenters. The van der Waals surface area contributed by atoms with Gasteiger partial charge < -0.3 is 10.2 Å². The van der Waals surface area contributed by atoms with Gasteiger partial charge in [0.2, 0.25) is 0 Å². The molecule has 2 rings (SSSR count). The highest BCUT2D eigenvalue weighted by atomic mass is 15.1. The predicted octanol–water partition coefficient (Wildman–Crippen LogP) is 1.08. The van der Waals surface area contributed by atoms with Gasteiger partial charge in [-0.1, -0.05) is 0 Å². The molecule has 2 aliphatic rings. The predicted molar refractivity (Wildman–Crippen MR) is 51.2 cm³/mol. The van der Waals surface area contributed by atoms with Gasteiger partial charge in [0.05, 0.1) is 0 Å². The first-order chi connectivity index (χ1) is 5.86. The van der Waals surface area contributed by atoms with E-state index in [1.165, 1.54) is 45.3 Å². The van der Waals surface area contributed by atoms with Crippen molar-refractivity contribution in [3.63, 3.8) is 0 Å². The van der Waals surface area contributed by atoms with Crippen LogP contribution in [0.15, 0.2) is 0 Å². The molecule has 0 bridgehead atoms. The van der Waals surface area contributed by atoms with Crippen LogP contribution in [0.2, 0.25) is 0 Å². The summed E-state index contributed by atoms with van der Waals surface area (Å²) in [6.45, 7) is 3.88. The fraction of sp³-hybridized carbons (Fsp3) is 1.00. The lowest BCUT2D eigenvalue weighted by Crippen LogP contribution is -2.41. The van der Waals surface area contributed by atoms with Crippen LogP contribution in [0.25, 0.3) is 0 Å². The van der Waals surface area contributed by atoms with E-state index in [-0.39, 0.29) is 0 Å². The second-order valence-electron chi connectivity index (χ2n) is 4.37. The maximum absolute atomic E-state index is 3.62. The summed E-state index contributed by atoms with van der Waals surface area (Å²) in [5.74, 6) is 0.936. The molecule has 0 radical (unpaired) electrons. The van der Waals surface area contributed by atoms with Gasteiger partial charge in [-0.2, -0.15) is 0 Å². The molecule has 0 spiro atoms. The van der Waals surface area contributed by atoms with E-state index in [9.17, 15) is 0 Å². The van der Waals surface area contributed by atoms with Crippen molar-refractivity contribution in [2.24, 2.45) is 5.92 Å². The highest BCUT2D eigenvalue weighted by molar-refractivity contribution is 4.85. The largest absolute Gasteiger partial charge is 0.314 e. The molecular weight excluding hydrogens is 148 g/mol. The molecule has 70 valence electrons. The van der Waals surface area contributed by atoms with E-state index < -0.39 is 0 Å². The summed E-state index contributed by atoms with van der Waals surface area (Å²) < 4.78 is 0. The third-order valence-corrected chi connectivity index (χ3v) is 3.33. The molecule has 2 fully saturated rings. The van der Waals surface area contributed by atoms with Crippen molar-refractivity contribution < 1.29 is 0 Å². The molecule has 0 aliphatic carbocycles. The quantitative estimate of drug-likeness (QED) is 0.630. The van der Waals surface area contributed by atoms with E-state index in [0.29, 0.717) is 0 Å². The molecule has 2 heterocycles. The third-order valence-electron chi connectivity index (χ3n) is 3.33. The number of hydrogen-bond donors (Lipinski definition) is 1. The number of nitrogens with one attached hydrogen (secondary N) is 1. The maximum Gasteiger partial charge on any atom is 0.0108 e. The van der Waals surface area contributed by atoms with Crippen LogP contribution in [0.4, 0.5) is 0 Å². The van der Waals surface area contributed by atoms with Crippen molar-refractivity contribution in [2.75, 3.05) is 26.7 Å². The third kappa shape index (κ3) is 1.80. The van der Waals surface area contributed by atoms with Gasteiger partial charge in [0.15, 0.2) is 0 Å². The van der Waals surface area contributed by atoms with Gasteiger partial charge in [-0.05, 0) is 51.7 Å². The van der Waals surface area contributed by atoms with Crippen LogP contribution in [-0.2, 0) is 0 Å². The Kier molecular flexibility index (Phi) is 2.66. The Morgan fingerprint density at radius 1 is 1.25 bits per heavy atom. The zero-order valence-corrected chi connectivity index (χ0v) is 8.05. The van der Waals surface area contributed by atoms with E-state index >= 15 is 0 Å². The number of piperidine rings is 1. The first kappa shape index (κ1) is 8.52. The molecule has 0 amide bonds. The van der Waals surface area contributed by atoms with Crippen LogP contribution in [0.1, 0.15) is 25.7 Å². The summed E-state index contributed by atoms with van der Waals surface area (Å²) in [5.41, 5.74) is 0. The molecule has 0 unspecified atom stereocenters. The van der Waals surface area contributed by atoms with Gasteiger partial charge in [-0.25, -0.2) is 0 Å². The van der Waals surface area contributed by atoms with Gasteiger partial charge >= 0.3 is 0 Å². The smallest absolute Gasteiger partial charge is 0.0108 e. The van der Waals surface area contributed by atoms with Gasteiger partial charge in [-0.3, -0.25) is 0 Å². The van der Waals surface area contributed by atoms with Crippen molar-refractivity contribution >= 4 is 0 Å². The average Bonchev–Trinajstić information content (AvgIpc) is 2.56. The molecule has 1 N–H and O–H groups in total. The van der Waals surface area contributed by atoms with Crippen LogP contribution in [0.5, 0.6) is 0 Å². The molecule has 0 aromatic rings. The number of hydrogen-bond acceptors (Lipinski definition) is 2. The van der Waals surface area contributed by atoms with Gasteiger partial charge in [0, 0.05) is 12.6 Å². The number of likely N-dealkylation sites (tertiary alicyclic amines) is 1. The maximum atomic E-state index is 3.62. The molecule has 2 saturated heterocycles.